The second-order valence-corrected chi connectivity index (χ2v) is 15.4. The van der Waals surface area contributed by atoms with E-state index in [0.29, 0.717) is 34.5 Å². The highest BCUT2D eigenvalue weighted by Gasteiger charge is 2.07. The SMILES string of the molecule is COc1ccc(-c2ccc(NS(=O)[O-])cc2)cn1.COc1ccc(-c2ccccc2)cn1.COc1ccc(Br)cn1.O=c1ccc(-c2ccc(NS(=O)[O-])cc2)c[nH]1.OB(O)c1ccccc1. The fraction of sp³-hybridized carbons (Fsp3) is 0.0638. The van der Waals surface area contributed by atoms with Crippen LogP contribution >= 0.6 is 15.9 Å². The summed E-state index contributed by atoms with van der Waals surface area (Å²) < 4.78 is 62.0. The monoisotopic (exact) mass is 1010 g/mol. The van der Waals surface area contributed by atoms with Gasteiger partial charge >= 0.3 is 7.12 Å². The van der Waals surface area contributed by atoms with Gasteiger partial charge in [-0.2, -0.15) is 0 Å². The van der Waals surface area contributed by atoms with Gasteiger partial charge in [-0.25, -0.2) is 15.0 Å². The molecule has 67 heavy (non-hydrogen) atoms. The van der Waals surface area contributed by atoms with Gasteiger partial charge in [0.25, 0.3) is 0 Å². The molecule has 2 atom stereocenters. The number of benzene rings is 4. The van der Waals surface area contributed by atoms with Crippen LogP contribution in [0.2, 0.25) is 0 Å². The van der Waals surface area contributed by atoms with E-state index in [0.717, 1.165) is 32.3 Å². The highest BCUT2D eigenvalue weighted by Crippen LogP contribution is 2.23. The summed E-state index contributed by atoms with van der Waals surface area (Å²) in [6.07, 6.45) is 6.82. The number of H-pyrrole nitrogens is 1. The lowest BCUT2D eigenvalue weighted by molar-refractivity contribution is 0.397. The summed E-state index contributed by atoms with van der Waals surface area (Å²) >= 11 is -1.36. The average Bonchev–Trinajstić information content (AvgIpc) is 3.36. The molecule has 0 aliphatic heterocycles. The molecule has 0 aliphatic rings. The number of rotatable bonds is 11. The minimum atomic E-state index is -2.32. The van der Waals surface area contributed by atoms with Crippen LogP contribution in [0.25, 0.3) is 33.4 Å². The number of anilines is 2. The zero-order chi connectivity index (χ0) is 48.4. The number of methoxy groups -OCH3 is 3. The number of nitrogens with one attached hydrogen (secondary N) is 3. The summed E-state index contributed by atoms with van der Waals surface area (Å²) in [7, 11) is 3.43. The van der Waals surface area contributed by atoms with Crippen LogP contribution in [-0.2, 0) is 22.5 Å². The van der Waals surface area contributed by atoms with Crippen LogP contribution in [0, 0.1) is 0 Å². The van der Waals surface area contributed by atoms with Crippen LogP contribution in [0.3, 0.4) is 0 Å². The third-order valence-electron chi connectivity index (χ3n) is 8.63. The lowest BCUT2D eigenvalue weighted by Crippen LogP contribution is -2.29. The summed E-state index contributed by atoms with van der Waals surface area (Å²) in [6, 6.07) is 47.0. The molecule has 0 amide bonds. The standard InChI is InChI=1S/C12H12N2O3S.C12H11NO.C11H10N2O3S.C6H7BO2.C6H6BrNO/c1-17-12-7-4-10(8-13-12)9-2-5-11(6-3-9)14-18(15)16;1-14-12-8-7-11(9-13-12)10-5-3-2-4-6-10;14-11-6-3-9(7-12-11)8-1-4-10(5-2-8)13-17(15)16;8-7(9)6-4-2-1-3-5-6;1-9-6-3-2-5(7)4-8-6/h2-8,14H,1H3,(H,15,16);2-9H,1H3;1-7,13H,(H,12,14)(H,15,16);1-5,8-9H;2-4H,1H3/p-2. The third-order valence-corrected chi connectivity index (χ3v) is 9.90. The summed E-state index contributed by atoms with van der Waals surface area (Å²) in [4.78, 5) is 25.7. The first-order valence-corrected chi connectivity index (χ1v) is 22.5. The van der Waals surface area contributed by atoms with Crippen molar-refractivity contribution in [1.82, 2.24) is 19.9 Å². The third kappa shape index (κ3) is 19.5. The second kappa shape index (κ2) is 28.8. The maximum Gasteiger partial charge on any atom is 0.488 e. The first-order valence-electron chi connectivity index (χ1n) is 19.6. The molecule has 0 spiro atoms. The van der Waals surface area contributed by atoms with Crippen LogP contribution in [0.4, 0.5) is 11.4 Å². The van der Waals surface area contributed by atoms with E-state index < -0.39 is 29.7 Å². The van der Waals surface area contributed by atoms with Crippen molar-refractivity contribution in [2.24, 2.45) is 0 Å². The molecule has 16 nitrogen and oxygen atoms in total. The number of hydrogen-bond donors (Lipinski definition) is 5. The number of halogens is 1. The van der Waals surface area contributed by atoms with Crippen LogP contribution in [0.15, 0.2) is 192 Å². The highest BCUT2D eigenvalue weighted by molar-refractivity contribution is 9.10. The predicted octanol–water partition coefficient (Wildman–Crippen LogP) is 7.19. The van der Waals surface area contributed by atoms with Gasteiger partial charge in [-0.05, 0) is 92.2 Å². The van der Waals surface area contributed by atoms with E-state index in [4.69, 9.17) is 24.3 Å². The van der Waals surface area contributed by atoms with E-state index in [9.17, 15) is 22.3 Å². The molecule has 2 unspecified atom stereocenters. The van der Waals surface area contributed by atoms with E-state index in [1.165, 1.54) is 11.6 Å². The Bertz CT molecular complexity index is 2730. The number of pyridine rings is 4. The maximum atomic E-state index is 10.9. The fourth-order valence-corrected chi connectivity index (χ4v) is 6.22. The second-order valence-electron chi connectivity index (χ2n) is 13.1. The van der Waals surface area contributed by atoms with Crippen molar-refractivity contribution in [2.45, 2.75) is 0 Å². The molecular weight excluding hydrogens is 963 g/mol. The molecule has 4 aromatic carbocycles. The zero-order valence-electron chi connectivity index (χ0n) is 36.1. The van der Waals surface area contributed by atoms with Crippen molar-refractivity contribution in [3.05, 3.63) is 197 Å². The first kappa shape index (κ1) is 52.6. The number of nitrogens with zero attached hydrogens (tertiary/aromatic N) is 3. The zero-order valence-corrected chi connectivity index (χ0v) is 39.3. The van der Waals surface area contributed by atoms with Crippen molar-refractivity contribution in [3.63, 3.8) is 0 Å². The van der Waals surface area contributed by atoms with E-state index in [1.54, 1.807) is 119 Å². The quantitative estimate of drug-likeness (QED) is 0.0637. The molecule has 0 aliphatic carbocycles. The van der Waals surface area contributed by atoms with Gasteiger partial charge in [-0.1, -0.05) is 84.9 Å². The number of aromatic nitrogens is 4. The Hall–Kier alpha value is -7.04. The average molecular weight is 1010 g/mol. The van der Waals surface area contributed by atoms with Gasteiger partial charge in [-0.15, -0.1) is 0 Å². The Morgan fingerprint density at radius 3 is 1.25 bits per heavy atom. The van der Waals surface area contributed by atoms with Crippen LogP contribution in [0.1, 0.15) is 0 Å². The fourth-order valence-electron chi connectivity index (χ4n) is 5.33. The number of hydrogen-bond acceptors (Lipinski definition) is 13. The lowest BCUT2D eigenvalue weighted by atomic mass is 9.81. The molecule has 0 radical (unpaired) electrons. The Labute approximate surface area is 401 Å². The summed E-state index contributed by atoms with van der Waals surface area (Å²) in [5.41, 5.74) is 7.29. The van der Waals surface area contributed by atoms with Gasteiger partial charge in [0.2, 0.25) is 23.2 Å². The summed E-state index contributed by atoms with van der Waals surface area (Å²) in [5.74, 6) is 1.83. The van der Waals surface area contributed by atoms with Gasteiger partial charge in [0, 0.05) is 98.6 Å². The molecule has 0 fully saturated rings. The van der Waals surface area contributed by atoms with E-state index >= 15 is 0 Å². The molecule has 8 aromatic rings. The molecule has 0 saturated carbocycles. The van der Waals surface area contributed by atoms with Gasteiger partial charge in [-0.3, -0.25) is 13.2 Å². The minimum absolute atomic E-state index is 0.159. The summed E-state index contributed by atoms with van der Waals surface area (Å²) in [5, 5.41) is 17.2. The Morgan fingerprint density at radius 2 is 0.910 bits per heavy atom. The maximum absolute atomic E-state index is 10.9. The lowest BCUT2D eigenvalue weighted by Gasteiger charge is -2.09. The highest BCUT2D eigenvalue weighted by atomic mass is 79.9. The van der Waals surface area contributed by atoms with Crippen molar-refractivity contribution < 1.29 is 41.8 Å². The van der Waals surface area contributed by atoms with E-state index in [1.807, 2.05) is 66.9 Å². The topological polar surface area (TPSA) is 244 Å². The van der Waals surface area contributed by atoms with Crippen molar-refractivity contribution in [3.8, 4) is 51.0 Å². The van der Waals surface area contributed by atoms with Gasteiger partial charge in [0.1, 0.15) is 0 Å². The minimum Gasteiger partial charge on any atom is -0.755 e. The first-order chi connectivity index (χ1) is 32.4. The Morgan fingerprint density at radius 1 is 0.522 bits per heavy atom. The normalized spacial score (nSPS) is 10.7. The Balaban J connectivity index is 0.000000188. The van der Waals surface area contributed by atoms with Crippen LogP contribution in [-0.4, -0.2) is 76.0 Å². The molecule has 4 aromatic heterocycles. The largest absolute Gasteiger partial charge is 0.755 e. The van der Waals surface area contributed by atoms with E-state index in [-0.39, 0.29) is 5.56 Å². The Kier molecular flexibility index (Phi) is 22.6. The molecule has 20 heteroatoms. The molecule has 0 bridgehead atoms. The molecule has 0 saturated heterocycles. The van der Waals surface area contributed by atoms with Gasteiger partial charge in [0.05, 0.1) is 21.3 Å². The molecule has 4 heterocycles. The van der Waals surface area contributed by atoms with Crippen molar-refractivity contribution >= 4 is 62.4 Å². The summed E-state index contributed by atoms with van der Waals surface area (Å²) in [6.45, 7) is 0. The van der Waals surface area contributed by atoms with Gasteiger partial charge < -0.3 is 47.8 Å². The number of aromatic amines is 1. The smallest absolute Gasteiger partial charge is 0.488 e. The van der Waals surface area contributed by atoms with Crippen LogP contribution in [0.5, 0.6) is 17.6 Å². The molecule has 5 N–H and O–H groups in total. The molecule has 8 rings (SSSR count). The molecular formula is C47H44BBrN6O10S2-2. The van der Waals surface area contributed by atoms with Crippen LogP contribution < -0.4 is 34.7 Å². The predicted molar refractivity (Wildman–Crippen MR) is 265 cm³/mol. The number of ether oxygens (including phenoxy) is 3. The van der Waals surface area contributed by atoms with E-state index in [2.05, 4.69) is 57.4 Å². The van der Waals surface area contributed by atoms with Crippen molar-refractivity contribution in [2.75, 3.05) is 30.8 Å². The van der Waals surface area contributed by atoms with Crippen molar-refractivity contribution in [1.29, 1.82) is 0 Å². The van der Waals surface area contributed by atoms with Gasteiger partial charge in [0.15, 0.2) is 0 Å². The molecule has 346 valence electrons.